The van der Waals surface area contributed by atoms with E-state index in [0.29, 0.717) is 12.6 Å². The third-order valence-electron chi connectivity index (χ3n) is 3.51. The average molecular weight is 334 g/mol. The Kier molecular flexibility index (Phi) is 3.66. The van der Waals surface area contributed by atoms with Crippen LogP contribution in [0.25, 0.3) is 0 Å². The normalized spacial score (nSPS) is 14.3. The molecule has 1 heterocycles. The number of carbonyl (C=O) groups excluding carboxylic acids is 1. The molecule has 0 bridgehead atoms. The van der Waals surface area contributed by atoms with Crippen molar-refractivity contribution in [2.75, 3.05) is 0 Å². The van der Waals surface area contributed by atoms with Gasteiger partial charge < -0.3 is 9.32 Å². The summed E-state index contributed by atoms with van der Waals surface area (Å²) < 4.78 is 6.22. The molecule has 0 unspecified atom stereocenters. The van der Waals surface area contributed by atoms with Crippen LogP contribution in [0.2, 0.25) is 0 Å². The molecule has 104 valence electrons. The summed E-state index contributed by atoms with van der Waals surface area (Å²) in [7, 11) is 0. The van der Waals surface area contributed by atoms with Crippen LogP contribution in [0.1, 0.15) is 34.5 Å². The van der Waals surface area contributed by atoms with Crippen molar-refractivity contribution >= 4 is 21.8 Å². The van der Waals surface area contributed by atoms with Gasteiger partial charge in [0.2, 0.25) is 0 Å². The average Bonchev–Trinajstić information content (AvgIpc) is 3.15. The predicted molar refractivity (Wildman–Crippen MR) is 80.5 cm³/mol. The highest BCUT2D eigenvalue weighted by molar-refractivity contribution is 9.10. The summed E-state index contributed by atoms with van der Waals surface area (Å²) in [5.41, 5.74) is 1.81. The van der Waals surface area contributed by atoms with E-state index in [0.717, 1.165) is 34.2 Å². The highest BCUT2D eigenvalue weighted by atomic mass is 79.9. The molecule has 0 saturated heterocycles. The van der Waals surface area contributed by atoms with Gasteiger partial charge in [-0.1, -0.05) is 11.6 Å². The second kappa shape index (κ2) is 5.44. The van der Waals surface area contributed by atoms with Crippen molar-refractivity contribution < 1.29 is 9.21 Å². The Labute approximate surface area is 126 Å². The van der Waals surface area contributed by atoms with Gasteiger partial charge in [0, 0.05) is 10.5 Å². The molecule has 1 aliphatic carbocycles. The maximum atomic E-state index is 12.8. The zero-order valence-corrected chi connectivity index (χ0v) is 12.9. The van der Waals surface area contributed by atoms with Gasteiger partial charge in [0.25, 0.3) is 5.91 Å². The first-order valence-electron chi connectivity index (χ1n) is 6.74. The Balaban J connectivity index is 1.87. The van der Waals surface area contributed by atoms with Crippen molar-refractivity contribution in [2.45, 2.75) is 32.4 Å². The number of amides is 1. The fourth-order valence-corrected chi connectivity index (χ4v) is 2.70. The van der Waals surface area contributed by atoms with Crippen LogP contribution in [0, 0.1) is 6.92 Å². The third kappa shape index (κ3) is 2.80. The van der Waals surface area contributed by atoms with Crippen LogP contribution < -0.4 is 0 Å². The molecule has 0 spiro atoms. The molecule has 0 N–H and O–H groups in total. The Morgan fingerprint density at radius 2 is 2.20 bits per heavy atom. The summed E-state index contributed by atoms with van der Waals surface area (Å²) in [4.78, 5) is 14.7. The van der Waals surface area contributed by atoms with Gasteiger partial charge in [-0.05, 0) is 60.0 Å². The van der Waals surface area contributed by atoms with Crippen molar-refractivity contribution in [3.8, 4) is 0 Å². The quantitative estimate of drug-likeness (QED) is 0.841. The monoisotopic (exact) mass is 333 g/mol. The number of nitrogens with zero attached hydrogens (tertiary/aromatic N) is 1. The largest absolute Gasteiger partial charge is 0.467 e. The number of rotatable bonds is 4. The van der Waals surface area contributed by atoms with Gasteiger partial charge in [0.05, 0.1) is 18.4 Å². The number of hydrogen-bond donors (Lipinski definition) is 0. The van der Waals surface area contributed by atoms with Crippen molar-refractivity contribution in [2.24, 2.45) is 0 Å². The molecule has 3 rings (SSSR count). The van der Waals surface area contributed by atoms with E-state index in [2.05, 4.69) is 15.9 Å². The number of benzene rings is 1. The van der Waals surface area contributed by atoms with E-state index in [-0.39, 0.29) is 5.91 Å². The van der Waals surface area contributed by atoms with E-state index < -0.39 is 0 Å². The van der Waals surface area contributed by atoms with Gasteiger partial charge >= 0.3 is 0 Å². The minimum atomic E-state index is 0.0690. The minimum absolute atomic E-state index is 0.0690. The lowest BCUT2D eigenvalue weighted by atomic mass is 10.1. The molecule has 3 nitrogen and oxygen atoms in total. The SMILES string of the molecule is Cc1ccc(Br)c(C(=O)N(Cc2ccco2)C2CC2)c1. The summed E-state index contributed by atoms with van der Waals surface area (Å²) in [6.07, 6.45) is 3.80. The van der Waals surface area contributed by atoms with Crippen LogP contribution in [-0.4, -0.2) is 16.8 Å². The van der Waals surface area contributed by atoms with E-state index in [1.54, 1.807) is 6.26 Å². The van der Waals surface area contributed by atoms with Crippen LogP contribution in [0.3, 0.4) is 0 Å². The number of carbonyl (C=O) groups is 1. The van der Waals surface area contributed by atoms with E-state index in [9.17, 15) is 4.79 Å². The maximum Gasteiger partial charge on any atom is 0.255 e. The molecule has 1 amide bonds. The molecule has 20 heavy (non-hydrogen) atoms. The summed E-state index contributed by atoms with van der Waals surface area (Å²) >= 11 is 3.48. The number of halogens is 1. The first-order chi connectivity index (χ1) is 9.65. The standard InChI is InChI=1S/C16H16BrNO2/c1-11-4-7-15(17)14(9-11)16(19)18(12-5-6-12)10-13-3-2-8-20-13/h2-4,7-9,12H,5-6,10H2,1H3. The highest BCUT2D eigenvalue weighted by Gasteiger charge is 2.34. The lowest BCUT2D eigenvalue weighted by Crippen LogP contribution is -2.32. The van der Waals surface area contributed by atoms with Crippen molar-refractivity contribution in [3.63, 3.8) is 0 Å². The lowest BCUT2D eigenvalue weighted by molar-refractivity contribution is 0.0716. The second-order valence-electron chi connectivity index (χ2n) is 5.23. The number of aryl methyl sites for hydroxylation is 1. The molecule has 1 saturated carbocycles. The third-order valence-corrected chi connectivity index (χ3v) is 4.20. The van der Waals surface area contributed by atoms with E-state index >= 15 is 0 Å². The van der Waals surface area contributed by atoms with Crippen molar-refractivity contribution in [1.29, 1.82) is 0 Å². The molecular weight excluding hydrogens is 318 g/mol. The van der Waals surface area contributed by atoms with Gasteiger partial charge in [0.15, 0.2) is 0 Å². The van der Waals surface area contributed by atoms with Gasteiger partial charge in [-0.2, -0.15) is 0 Å². The van der Waals surface area contributed by atoms with E-state index in [4.69, 9.17) is 4.42 Å². The molecule has 1 fully saturated rings. The summed E-state index contributed by atoms with van der Waals surface area (Å²) in [6.45, 7) is 2.54. The van der Waals surface area contributed by atoms with Crippen LogP contribution in [0.5, 0.6) is 0 Å². The van der Waals surface area contributed by atoms with E-state index in [1.807, 2.05) is 42.2 Å². The minimum Gasteiger partial charge on any atom is -0.467 e. The molecule has 0 aliphatic heterocycles. The first kappa shape index (κ1) is 13.4. The van der Waals surface area contributed by atoms with Gasteiger partial charge in [-0.3, -0.25) is 4.79 Å². The van der Waals surface area contributed by atoms with Crippen LogP contribution in [0.4, 0.5) is 0 Å². The molecule has 0 radical (unpaired) electrons. The maximum absolute atomic E-state index is 12.8. The van der Waals surface area contributed by atoms with E-state index in [1.165, 1.54) is 0 Å². The first-order valence-corrected chi connectivity index (χ1v) is 7.54. The lowest BCUT2D eigenvalue weighted by Gasteiger charge is -2.22. The van der Waals surface area contributed by atoms with Gasteiger partial charge in [-0.15, -0.1) is 0 Å². The van der Waals surface area contributed by atoms with Crippen LogP contribution in [0.15, 0.2) is 45.5 Å². The second-order valence-corrected chi connectivity index (χ2v) is 6.08. The zero-order valence-electron chi connectivity index (χ0n) is 11.3. The molecule has 2 aromatic rings. The molecular formula is C16H16BrNO2. The van der Waals surface area contributed by atoms with Gasteiger partial charge in [-0.25, -0.2) is 0 Å². The van der Waals surface area contributed by atoms with Crippen LogP contribution in [-0.2, 0) is 6.54 Å². The topological polar surface area (TPSA) is 33.5 Å². The van der Waals surface area contributed by atoms with Gasteiger partial charge in [0.1, 0.15) is 5.76 Å². The van der Waals surface area contributed by atoms with Crippen molar-refractivity contribution in [3.05, 3.63) is 58.0 Å². The van der Waals surface area contributed by atoms with Crippen LogP contribution >= 0.6 is 15.9 Å². The fourth-order valence-electron chi connectivity index (χ4n) is 2.28. The smallest absolute Gasteiger partial charge is 0.255 e. The summed E-state index contributed by atoms with van der Waals surface area (Å²) in [5, 5.41) is 0. The van der Waals surface area contributed by atoms with Crippen molar-refractivity contribution in [1.82, 2.24) is 4.90 Å². The highest BCUT2D eigenvalue weighted by Crippen LogP contribution is 2.31. The summed E-state index contributed by atoms with van der Waals surface area (Å²) in [6, 6.07) is 9.97. The molecule has 1 aromatic heterocycles. The molecule has 0 atom stereocenters. The summed E-state index contributed by atoms with van der Waals surface area (Å²) in [5.74, 6) is 0.897. The Bertz CT molecular complexity index is 617. The predicted octanol–water partition coefficient (Wildman–Crippen LogP) is 4.16. The Morgan fingerprint density at radius 3 is 2.85 bits per heavy atom. The number of hydrogen-bond acceptors (Lipinski definition) is 2. The fraction of sp³-hybridized carbons (Fsp3) is 0.312. The number of furan rings is 1. The molecule has 1 aromatic carbocycles. The molecule has 4 heteroatoms. The Hall–Kier alpha value is -1.55. The Morgan fingerprint density at radius 1 is 1.40 bits per heavy atom. The zero-order chi connectivity index (χ0) is 14.1. The molecule has 1 aliphatic rings.